The van der Waals surface area contributed by atoms with Crippen LogP contribution in [0, 0.1) is 0 Å². The molecule has 0 fully saturated rings. The van der Waals surface area contributed by atoms with Crippen molar-refractivity contribution in [3.8, 4) is 5.75 Å². The number of carbonyl (C=O) groups is 1. The monoisotopic (exact) mass is 599 g/mol. The molecule has 1 heterocycles. The van der Waals surface area contributed by atoms with Crippen LogP contribution < -0.4 is 20.7 Å². The van der Waals surface area contributed by atoms with E-state index in [9.17, 15) is 13.2 Å². The Balaban J connectivity index is 0.00000127. The minimum atomic E-state index is -3.63. The quantitative estimate of drug-likeness (QED) is 0.296. The van der Waals surface area contributed by atoms with Crippen molar-refractivity contribution < 1.29 is 22.2 Å². The SMILES string of the molecule is COCl.COc1cc(S(=O)(=O)Cc2ccc3c(c2)CNC3)ccc1NC(=O)NC(C)c1cccc(Cl)c1Cl. The Hall–Kier alpha value is -2.53. The highest BCUT2D eigenvalue weighted by atomic mass is 35.5. The molecule has 3 aromatic rings. The van der Waals surface area contributed by atoms with Gasteiger partial charge in [-0.05, 0) is 47.4 Å². The van der Waals surface area contributed by atoms with Crippen LogP contribution in [0.4, 0.5) is 10.5 Å². The van der Waals surface area contributed by atoms with Crippen molar-refractivity contribution in [2.45, 2.75) is 36.7 Å². The summed E-state index contributed by atoms with van der Waals surface area (Å²) in [5.41, 5.74) is 4.03. The van der Waals surface area contributed by atoms with Crippen LogP contribution in [0.5, 0.6) is 5.75 Å². The van der Waals surface area contributed by atoms with Crippen molar-refractivity contribution in [2.24, 2.45) is 0 Å². The molecule has 0 aromatic heterocycles. The summed E-state index contributed by atoms with van der Waals surface area (Å²) in [5.74, 6) is 0.0991. The highest BCUT2D eigenvalue weighted by Crippen LogP contribution is 2.31. The summed E-state index contributed by atoms with van der Waals surface area (Å²) < 4.78 is 35.2. The number of rotatable bonds is 7. The molecule has 12 heteroatoms. The summed E-state index contributed by atoms with van der Waals surface area (Å²) in [6.45, 7) is 3.31. The summed E-state index contributed by atoms with van der Waals surface area (Å²) in [7, 11) is -0.825. The molecule has 0 saturated carbocycles. The maximum absolute atomic E-state index is 13.1. The molecule has 0 saturated heterocycles. The van der Waals surface area contributed by atoms with Gasteiger partial charge >= 0.3 is 6.03 Å². The Labute approximate surface area is 237 Å². The van der Waals surface area contributed by atoms with Gasteiger partial charge in [0.25, 0.3) is 0 Å². The number of fused-ring (bicyclic) bond motifs is 1. The highest BCUT2D eigenvalue weighted by Gasteiger charge is 2.21. The van der Waals surface area contributed by atoms with Gasteiger partial charge < -0.3 is 20.7 Å². The first-order chi connectivity index (χ1) is 18.1. The zero-order valence-corrected chi connectivity index (χ0v) is 24.1. The number of benzene rings is 3. The third kappa shape index (κ3) is 7.53. The molecule has 0 bridgehead atoms. The Morgan fingerprint density at radius 2 is 1.76 bits per heavy atom. The molecule has 0 radical (unpaired) electrons. The lowest BCUT2D eigenvalue weighted by Gasteiger charge is -2.18. The van der Waals surface area contributed by atoms with Crippen molar-refractivity contribution in [1.29, 1.82) is 0 Å². The Bertz CT molecular complexity index is 1400. The number of anilines is 1. The van der Waals surface area contributed by atoms with Crippen LogP contribution >= 0.6 is 35.1 Å². The summed E-state index contributed by atoms with van der Waals surface area (Å²) >= 11 is 16.8. The van der Waals surface area contributed by atoms with E-state index < -0.39 is 21.9 Å². The first-order valence-electron chi connectivity index (χ1n) is 11.5. The van der Waals surface area contributed by atoms with Gasteiger partial charge in [0.15, 0.2) is 9.84 Å². The Kier molecular flexibility index (Phi) is 10.7. The second-order valence-electron chi connectivity index (χ2n) is 8.45. The second-order valence-corrected chi connectivity index (χ2v) is 11.5. The van der Waals surface area contributed by atoms with Crippen LogP contribution in [-0.4, -0.2) is 28.7 Å². The van der Waals surface area contributed by atoms with E-state index in [1.54, 1.807) is 25.1 Å². The van der Waals surface area contributed by atoms with Crippen molar-refractivity contribution in [3.05, 3.63) is 86.9 Å². The Morgan fingerprint density at radius 3 is 2.47 bits per heavy atom. The van der Waals surface area contributed by atoms with E-state index >= 15 is 0 Å². The number of hydrogen-bond donors (Lipinski definition) is 3. The van der Waals surface area contributed by atoms with Gasteiger partial charge in [0, 0.05) is 19.2 Å². The van der Waals surface area contributed by atoms with Gasteiger partial charge in [0.2, 0.25) is 0 Å². The molecular weight excluding hydrogens is 573 g/mol. The zero-order chi connectivity index (χ0) is 27.9. The highest BCUT2D eigenvalue weighted by molar-refractivity contribution is 7.90. The number of nitrogens with one attached hydrogen (secondary N) is 3. The lowest BCUT2D eigenvalue weighted by molar-refractivity contribution is 0.249. The van der Waals surface area contributed by atoms with E-state index in [2.05, 4.69) is 32.1 Å². The van der Waals surface area contributed by atoms with Crippen LogP contribution in [0.25, 0.3) is 0 Å². The van der Waals surface area contributed by atoms with Crippen LogP contribution in [-0.2, 0) is 33.0 Å². The van der Waals surface area contributed by atoms with Gasteiger partial charge in [0.1, 0.15) is 5.75 Å². The van der Waals surface area contributed by atoms with Gasteiger partial charge in [0.05, 0.1) is 58.5 Å². The molecule has 204 valence electrons. The third-order valence-corrected chi connectivity index (χ3v) is 8.35. The first-order valence-corrected chi connectivity index (χ1v) is 14.2. The Morgan fingerprint density at radius 1 is 1.05 bits per heavy atom. The number of carbonyl (C=O) groups excluding carboxylic acids is 1. The average molecular weight is 601 g/mol. The fourth-order valence-corrected chi connectivity index (χ4v) is 5.82. The molecule has 8 nitrogen and oxygen atoms in total. The van der Waals surface area contributed by atoms with Gasteiger partial charge in [-0.2, -0.15) is 0 Å². The van der Waals surface area contributed by atoms with Gasteiger partial charge in [-0.3, -0.25) is 4.29 Å². The summed E-state index contributed by atoms with van der Waals surface area (Å²) in [6, 6.07) is 14.4. The molecule has 4 rings (SSSR count). The van der Waals surface area contributed by atoms with E-state index in [0.717, 1.165) is 24.2 Å². The van der Waals surface area contributed by atoms with Gasteiger partial charge in [-0.1, -0.05) is 53.5 Å². The first kappa shape index (κ1) is 30.0. The summed E-state index contributed by atoms with van der Waals surface area (Å²) in [5, 5.41) is 9.51. The summed E-state index contributed by atoms with van der Waals surface area (Å²) in [6.07, 6.45) is 0. The van der Waals surface area contributed by atoms with Crippen LogP contribution in [0.15, 0.2) is 59.5 Å². The second kappa shape index (κ2) is 13.5. The molecule has 1 atom stereocenters. The number of urea groups is 1. The number of amides is 2. The van der Waals surface area contributed by atoms with E-state index in [1.807, 2.05) is 18.2 Å². The molecule has 1 unspecified atom stereocenters. The largest absolute Gasteiger partial charge is 0.495 e. The normalized spacial score (nSPS) is 13.1. The maximum Gasteiger partial charge on any atom is 0.319 e. The fraction of sp³-hybridized carbons (Fsp3) is 0.269. The molecule has 3 aromatic carbocycles. The summed E-state index contributed by atoms with van der Waals surface area (Å²) in [4.78, 5) is 12.7. The third-order valence-electron chi connectivity index (χ3n) is 5.83. The lowest BCUT2D eigenvalue weighted by Crippen LogP contribution is -2.31. The van der Waals surface area contributed by atoms with Crippen LogP contribution in [0.2, 0.25) is 10.0 Å². The number of sulfone groups is 1. The van der Waals surface area contributed by atoms with Gasteiger partial charge in [-0.15, -0.1) is 0 Å². The topological polar surface area (TPSA) is 106 Å². The minimum Gasteiger partial charge on any atom is -0.495 e. The van der Waals surface area contributed by atoms with E-state index in [-0.39, 0.29) is 16.4 Å². The van der Waals surface area contributed by atoms with Gasteiger partial charge in [-0.25, -0.2) is 13.2 Å². The lowest BCUT2D eigenvalue weighted by atomic mass is 10.1. The molecule has 1 aliphatic rings. The fourth-order valence-electron chi connectivity index (χ4n) is 4.00. The minimum absolute atomic E-state index is 0.109. The van der Waals surface area contributed by atoms with Crippen molar-refractivity contribution in [3.63, 3.8) is 0 Å². The molecule has 1 aliphatic heterocycles. The number of methoxy groups -OCH3 is 1. The maximum atomic E-state index is 13.1. The molecule has 3 N–H and O–H groups in total. The molecule has 0 aliphatic carbocycles. The standard InChI is InChI=1S/C25H25Cl2N3O4S.CH3ClO/c1-15(20-4-3-5-21(26)24(20)27)29-25(31)30-22-9-8-19(11-23(22)34-2)35(32,33)14-16-6-7-17-12-28-13-18(17)10-16;1-3-2/h3-11,15,28H,12-14H2,1-2H3,(H2,29,30,31);1H3. The molecule has 2 amide bonds. The molecule has 38 heavy (non-hydrogen) atoms. The van der Waals surface area contributed by atoms with Crippen LogP contribution in [0.3, 0.4) is 0 Å². The number of hydrogen-bond acceptors (Lipinski definition) is 6. The van der Waals surface area contributed by atoms with E-state index in [0.29, 0.717) is 21.3 Å². The smallest absolute Gasteiger partial charge is 0.319 e. The van der Waals surface area contributed by atoms with Crippen molar-refractivity contribution in [1.82, 2.24) is 10.6 Å². The average Bonchev–Trinajstić information content (AvgIpc) is 3.34. The van der Waals surface area contributed by atoms with Crippen molar-refractivity contribution >= 4 is 56.6 Å². The predicted octanol–water partition coefficient (Wildman–Crippen LogP) is 6.25. The predicted molar refractivity (Wildman–Crippen MR) is 151 cm³/mol. The van der Waals surface area contributed by atoms with Crippen LogP contribution in [0.1, 0.15) is 35.2 Å². The van der Waals surface area contributed by atoms with E-state index in [4.69, 9.17) is 27.9 Å². The van der Waals surface area contributed by atoms with Crippen molar-refractivity contribution in [2.75, 3.05) is 19.5 Å². The number of halogens is 3. The molecule has 0 spiro atoms. The molecular formula is C26H28Cl3N3O5S. The number of ether oxygens (including phenoxy) is 1. The zero-order valence-electron chi connectivity index (χ0n) is 21.0. The van der Waals surface area contributed by atoms with E-state index in [1.165, 1.54) is 38.0 Å².